The summed E-state index contributed by atoms with van der Waals surface area (Å²) < 4.78 is 0. The molecule has 0 bridgehead atoms. The van der Waals surface area contributed by atoms with Crippen molar-refractivity contribution in [1.82, 2.24) is 0 Å². The quantitative estimate of drug-likeness (QED) is 0.732. The summed E-state index contributed by atoms with van der Waals surface area (Å²) in [4.78, 5) is 0. The number of benzene rings is 1. The number of aryl methyl sites for hydroxylation is 1. The highest BCUT2D eigenvalue weighted by Gasteiger charge is 2.33. The summed E-state index contributed by atoms with van der Waals surface area (Å²) in [5.74, 6) is 1.27. The Balaban J connectivity index is 1.78. The zero-order valence-electron chi connectivity index (χ0n) is 11.1. The molecule has 1 aromatic rings. The molecule has 1 nitrogen and oxygen atoms in total. The molecule has 2 aliphatic carbocycles. The molecule has 2 atom stereocenters. The standard InChI is InChI=1S/C17H24O/c18-17-15-10-6-5-9-14(15)11-12-16(17)13-7-3-1-2-4-8-13/h5-6,9-10,13,16-18H,1-4,7-8,11-12H2. The summed E-state index contributed by atoms with van der Waals surface area (Å²) in [6.07, 6.45) is 10.3. The van der Waals surface area contributed by atoms with Gasteiger partial charge >= 0.3 is 0 Å². The first-order valence-electron chi connectivity index (χ1n) is 7.62. The van der Waals surface area contributed by atoms with E-state index in [1.807, 2.05) is 0 Å². The normalized spacial score (nSPS) is 29.6. The van der Waals surface area contributed by atoms with Crippen molar-refractivity contribution in [1.29, 1.82) is 0 Å². The SMILES string of the molecule is OC1c2ccccc2CCC1C1CCCCCC1. The topological polar surface area (TPSA) is 20.2 Å². The van der Waals surface area contributed by atoms with Crippen LogP contribution in [0.3, 0.4) is 0 Å². The van der Waals surface area contributed by atoms with E-state index in [2.05, 4.69) is 24.3 Å². The lowest BCUT2D eigenvalue weighted by Crippen LogP contribution is -2.27. The van der Waals surface area contributed by atoms with E-state index in [0.29, 0.717) is 5.92 Å². The van der Waals surface area contributed by atoms with E-state index < -0.39 is 0 Å². The Hall–Kier alpha value is -0.820. The minimum Gasteiger partial charge on any atom is -0.388 e. The molecule has 0 spiro atoms. The number of hydrogen-bond acceptors (Lipinski definition) is 1. The predicted octanol–water partition coefficient (Wildman–Crippen LogP) is 4.25. The van der Waals surface area contributed by atoms with Crippen LogP contribution in [0, 0.1) is 11.8 Å². The van der Waals surface area contributed by atoms with Gasteiger partial charge in [0.25, 0.3) is 0 Å². The van der Waals surface area contributed by atoms with Crippen molar-refractivity contribution in [3.8, 4) is 0 Å². The molecule has 0 aromatic heterocycles. The smallest absolute Gasteiger partial charge is 0.0823 e. The van der Waals surface area contributed by atoms with Crippen molar-refractivity contribution >= 4 is 0 Å². The summed E-state index contributed by atoms with van der Waals surface area (Å²) >= 11 is 0. The number of aliphatic hydroxyl groups is 1. The van der Waals surface area contributed by atoms with Crippen molar-refractivity contribution in [3.63, 3.8) is 0 Å². The van der Waals surface area contributed by atoms with Crippen molar-refractivity contribution in [3.05, 3.63) is 35.4 Å². The van der Waals surface area contributed by atoms with Gasteiger partial charge < -0.3 is 5.11 Å². The van der Waals surface area contributed by atoms with Crippen LogP contribution < -0.4 is 0 Å². The highest BCUT2D eigenvalue weighted by Crippen LogP contribution is 2.42. The van der Waals surface area contributed by atoms with Crippen LogP contribution in [0.15, 0.2) is 24.3 Å². The maximum atomic E-state index is 10.7. The third-order valence-electron chi connectivity index (χ3n) is 5.03. The second kappa shape index (κ2) is 5.44. The molecule has 2 aliphatic rings. The molecule has 0 radical (unpaired) electrons. The first-order valence-corrected chi connectivity index (χ1v) is 7.62. The van der Waals surface area contributed by atoms with E-state index in [-0.39, 0.29) is 6.10 Å². The van der Waals surface area contributed by atoms with Crippen LogP contribution in [-0.2, 0) is 6.42 Å². The second-order valence-corrected chi connectivity index (χ2v) is 6.10. The van der Waals surface area contributed by atoms with Crippen molar-refractivity contribution in [2.24, 2.45) is 11.8 Å². The Morgan fingerprint density at radius 2 is 1.61 bits per heavy atom. The molecule has 0 aliphatic heterocycles. The van der Waals surface area contributed by atoms with Crippen LogP contribution in [-0.4, -0.2) is 5.11 Å². The van der Waals surface area contributed by atoms with Crippen molar-refractivity contribution < 1.29 is 5.11 Å². The summed E-state index contributed by atoms with van der Waals surface area (Å²) in [5.41, 5.74) is 2.58. The van der Waals surface area contributed by atoms with Gasteiger partial charge in [-0.1, -0.05) is 62.8 Å². The zero-order valence-corrected chi connectivity index (χ0v) is 11.1. The molecule has 98 valence electrons. The van der Waals surface area contributed by atoms with Crippen LogP contribution in [0.1, 0.15) is 62.2 Å². The molecule has 1 aromatic carbocycles. The van der Waals surface area contributed by atoms with Crippen LogP contribution in [0.5, 0.6) is 0 Å². The number of hydrogen-bond donors (Lipinski definition) is 1. The molecular formula is C17H24O. The average molecular weight is 244 g/mol. The molecule has 0 saturated heterocycles. The highest BCUT2D eigenvalue weighted by atomic mass is 16.3. The molecular weight excluding hydrogens is 220 g/mol. The summed E-state index contributed by atoms with van der Waals surface area (Å²) in [7, 11) is 0. The lowest BCUT2D eigenvalue weighted by Gasteiger charge is -2.35. The van der Waals surface area contributed by atoms with E-state index in [1.165, 1.54) is 56.1 Å². The van der Waals surface area contributed by atoms with Crippen LogP contribution in [0.4, 0.5) is 0 Å². The Labute approximate surface area is 110 Å². The Bertz CT molecular complexity index is 390. The minimum absolute atomic E-state index is 0.210. The van der Waals surface area contributed by atoms with E-state index in [4.69, 9.17) is 0 Å². The molecule has 0 heterocycles. The van der Waals surface area contributed by atoms with Crippen molar-refractivity contribution in [2.75, 3.05) is 0 Å². The zero-order chi connectivity index (χ0) is 12.4. The number of fused-ring (bicyclic) bond motifs is 1. The van der Waals surface area contributed by atoms with Gasteiger partial charge in [0, 0.05) is 0 Å². The molecule has 1 saturated carbocycles. The van der Waals surface area contributed by atoms with Crippen LogP contribution in [0.25, 0.3) is 0 Å². The first kappa shape index (κ1) is 12.2. The lowest BCUT2D eigenvalue weighted by molar-refractivity contribution is 0.0518. The molecule has 1 fully saturated rings. The Kier molecular flexibility index (Phi) is 3.69. The fourth-order valence-corrected chi connectivity index (χ4v) is 3.99. The molecule has 2 unspecified atom stereocenters. The molecule has 18 heavy (non-hydrogen) atoms. The average Bonchev–Trinajstić information content (AvgIpc) is 2.68. The molecule has 0 amide bonds. The van der Waals surface area contributed by atoms with Crippen LogP contribution >= 0.6 is 0 Å². The number of rotatable bonds is 1. The summed E-state index contributed by atoms with van der Waals surface area (Å²) in [6.45, 7) is 0. The van der Waals surface area contributed by atoms with E-state index in [1.54, 1.807) is 0 Å². The van der Waals surface area contributed by atoms with Gasteiger partial charge in [-0.05, 0) is 35.8 Å². The summed E-state index contributed by atoms with van der Waals surface area (Å²) in [6, 6.07) is 8.47. The lowest BCUT2D eigenvalue weighted by atomic mass is 9.72. The minimum atomic E-state index is -0.210. The van der Waals surface area contributed by atoms with Gasteiger partial charge in [-0.25, -0.2) is 0 Å². The molecule has 3 rings (SSSR count). The fraction of sp³-hybridized carbons (Fsp3) is 0.647. The summed E-state index contributed by atoms with van der Waals surface area (Å²) in [5, 5.41) is 10.7. The molecule has 1 heteroatoms. The largest absolute Gasteiger partial charge is 0.388 e. The van der Waals surface area contributed by atoms with E-state index in [0.717, 1.165) is 12.3 Å². The van der Waals surface area contributed by atoms with Crippen molar-refractivity contribution in [2.45, 2.75) is 57.5 Å². The van der Waals surface area contributed by atoms with Gasteiger partial charge in [0.05, 0.1) is 6.10 Å². The maximum Gasteiger partial charge on any atom is 0.0823 e. The number of aliphatic hydroxyl groups excluding tert-OH is 1. The Morgan fingerprint density at radius 1 is 0.889 bits per heavy atom. The van der Waals surface area contributed by atoms with Gasteiger partial charge in [-0.15, -0.1) is 0 Å². The second-order valence-electron chi connectivity index (χ2n) is 6.10. The highest BCUT2D eigenvalue weighted by molar-refractivity contribution is 5.32. The van der Waals surface area contributed by atoms with Gasteiger partial charge in [-0.2, -0.15) is 0 Å². The fourth-order valence-electron chi connectivity index (χ4n) is 3.99. The van der Waals surface area contributed by atoms with Gasteiger partial charge in [0.2, 0.25) is 0 Å². The van der Waals surface area contributed by atoms with Gasteiger partial charge in [-0.3, -0.25) is 0 Å². The third-order valence-corrected chi connectivity index (χ3v) is 5.03. The van der Waals surface area contributed by atoms with E-state index >= 15 is 0 Å². The third kappa shape index (κ3) is 2.33. The monoisotopic (exact) mass is 244 g/mol. The van der Waals surface area contributed by atoms with E-state index in [9.17, 15) is 5.11 Å². The van der Waals surface area contributed by atoms with Gasteiger partial charge in [0.15, 0.2) is 0 Å². The molecule has 1 N–H and O–H groups in total. The maximum absolute atomic E-state index is 10.7. The first-order chi connectivity index (χ1) is 8.86. The van der Waals surface area contributed by atoms with Crippen LogP contribution in [0.2, 0.25) is 0 Å². The van der Waals surface area contributed by atoms with Gasteiger partial charge in [0.1, 0.15) is 0 Å². The predicted molar refractivity (Wildman–Crippen MR) is 74.4 cm³/mol. The Morgan fingerprint density at radius 3 is 2.39 bits per heavy atom.